The summed E-state index contributed by atoms with van der Waals surface area (Å²) in [6.45, 7) is 0. The van der Waals surface area contributed by atoms with Crippen molar-refractivity contribution in [1.82, 2.24) is 4.98 Å². The highest BCUT2D eigenvalue weighted by atomic mass is 32.2. The third-order valence-corrected chi connectivity index (χ3v) is 5.08. The predicted molar refractivity (Wildman–Crippen MR) is 98.5 cm³/mol. The van der Waals surface area contributed by atoms with E-state index in [-0.39, 0.29) is 17.1 Å². The number of aromatic hydroxyl groups is 1. The smallest absolute Gasteiger partial charge is 0.295 e. The van der Waals surface area contributed by atoms with Crippen LogP contribution in [0, 0.1) is 0 Å². The number of amides is 1. The molecule has 9 heteroatoms. The van der Waals surface area contributed by atoms with Gasteiger partial charge in [-0.25, -0.2) is 8.42 Å². The van der Waals surface area contributed by atoms with E-state index in [9.17, 15) is 18.3 Å². The topological polar surface area (TPSA) is 115 Å². The molecule has 0 radical (unpaired) electrons. The van der Waals surface area contributed by atoms with Crippen molar-refractivity contribution < 1.29 is 18.3 Å². The molecule has 1 aromatic heterocycles. The molecule has 3 rings (SSSR count). The third-order valence-electron chi connectivity index (χ3n) is 3.88. The molecule has 2 aromatic carbocycles. The van der Waals surface area contributed by atoms with Crippen molar-refractivity contribution in [3.05, 3.63) is 54.1 Å². The van der Waals surface area contributed by atoms with Crippen LogP contribution in [0.25, 0.3) is 10.9 Å². The van der Waals surface area contributed by atoms with Crippen LogP contribution < -0.4 is 4.31 Å². The highest BCUT2D eigenvalue weighted by molar-refractivity contribution is 7.92. The van der Waals surface area contributed by atoms with Gasteiger partial charge in [-0.3, -0.25) is 9.10 Å². The van der Waals surface area contributed by atoms with Gasteiger partial charge in [-0.05, 0) is 30.3 Å². The zero-order valence-corrected chi connectivity index (χ0v) is 14.9. The molecular formula is C17H16N4O4S. The van der Waals surface area contributed by atoms with Gasteiger partial charge in [0, 0.05) is 18.0 Å². The second-order valence-electron chi connectivity index (χ2n) is 5.65. The number of azo groups is 1. The van der Waals surface area contributed by atoms with Crippen LogP contribution in [0.2, 0.25) is 0 Å². The normalized spacial score (nSPS) is 11.9. The van der Waals surface area contributed by atoms with Gasteiger partial charge >= 0.3 is 0 Å². The zero-order chi connectivity index (χ0) is 18.9. The number of H-pyrrole nitrogens is 1. The van der Waals surface area contributed by atoms with Crippen LogP contribution in [-0.2, 0) is 10.0 Å². The van der Waals surface area contributed by atoms with Crippen molar-refractivity contribution in [1.29, 1.82) is 0 Å². The molecule has 1 heterocycles. The standard InChI is InChI=1S/C17H16N4O4S/c1-21(26(2,24)25)12-9-7-11(8-10-12)16(22)20-19-15-13-5-3-4-6-14(13)18-17(15)23/h3-10,18,23H,1-2H3. The van der Waals surface area contributed by atoms with Gasteiger partial charge in [-0.15, -0.1) is 10.2 Å². The lowest BCUT2D eigenvalue weighted by Crippen LogP contribution is -2.24. The fraction of sp³-hybridized carbons (Fsp3) is 0.118. The molecule has 8 nitrogen and oxygen atoms in total. The zero-order valence-electron chi connectivity index (χ0n) is 14.0. The van der Waals surface area contributed by atoms with Gasteiger partial charge in [-0.2, -0.15) is 0 Å². The first kappa shape index (κ1) is 17.6. The van der Waals surface area contributed by atoms with Crippen molar-refractivity contribution in [3.8, 4) is 5.88 Å². The Morgan fingerprint density at radius 2 is 1.77 bits per heavy atom. The molecule has 1 amide bonds. The second kappa shape index (κ2) is 6.60. The number of para-hydroxylation sites is 1. The number of hydrogen-bond donors (Lipinski definition) is 2. The summed E-state index contributed by atoms with van der Waals surface area (Å²) in [5, 5.41) is 18.1. The number of sulfonamides is 1. The fourth-order valence-corrected chi connectivity index (χ4v) is 2.88. The van der Waals surface area contributed by atoms with Crippen LogP contribution in [0.5, 0.6) is 5.88 Å². The number of nitrogens with one attached hydrogen (secondary N) is 1. The Morgan fingerprint density at radius 3 is 2.42 bits per heavy atom. The molecule has 0 aliphatic rings. The summed E-state index contributed by atoms with van der Waals surface area (Å²) in [7, 11) is -1.96. The maximum Gasteiger partial charge on any atom is 0.295 e. The van der Waals surface area contributed by atoms with Gasteiger partial charge in [0.2, 0.25) is 15.9 Å². The Balaban J connectivity index is 1.84. The maximum atomic E-state index is 12.2. The summed E-state index contributed by atoms with van der Waals surface area (Å²) < 4.78 is 24.1. The number of anilines is 1. The van der Waals surface area contributed by atoms with Crippen molar-refractivity contribution in [2.75, 3.05) is 17.6 Å². The maximum absolute atomic E-state index is 12.2. The number of benzene rings is 2. The van der Waals surface area contributed by atoms with Gasteiger partial charge in [0.05, 0.1) is 17.5 Å². The SMILES string of the molecule is CN(c1ccc(C(=O)N=Nc2c(O)[nH]c3ccccc23)cc1)S(C)(=O)=O. The van der Waals surface area contributed by atoms with Crippen LogP contribution in [0.3, 0.4) is 0 Å². The summed E-state index contributed by atoms with van der Waals surface area (Å²) in [4.78, 5) is 14.9. The molecule has 0 aliphatic heterocycles. The van der Waals surface area contributed by atoms with Crippen molar-refractivity contribution >= 4 is 38.2 Å². The monoisotopic (exact) mass is 372 g/mol. The number of aromatic amines is 1. The quantitative estimate of drug-likeness (QED) is 0.684. The largest absolute Gasteiger partial charge is 0.493 e. The Labute approximate surface area is 149 Å². The van der Waals surface area contributed by atoms with Crippen LogP contribution in [-0.4, -0.2) is 37.7 Å². The van der Waals surface area contributed by atoms with Crippen molar-refractivity contribution in [2.45, 2.75) is 0 Å². The van der Waals surface area contributed by atoms with Crippen molar-refractivity contribution in [3.63, 3.8) is 0 Å². The molecule has 0 saturated heterocycles. The fourth-order valence-electron chi connectivity index (χ4n) is 2.37. The second-order valence-corrected chi connectivity index (χ2v) is 7.66. The first-order valence-electron chi connectivity index (χ1n) is 7.57. The van der Waals surface area contributed by atoms with E-state index in [4.69, 9.17) is 0 Å². The Bertz CT molecular complexity index is 1100. The summed E-state index contributed by atoms with van der Waals surface area (Å²) >= 11 is 0. The van der Waals surface area contributed by atoms with E-state index >= 15 is 0 Å². The molecule has 134 valence electrons. The lowest BCUT2D eigenvalue weighted by molar-refractivity contribution is 0.0995. The van der Waals surface area contributed by atoms with Gasteiger partial charge < -0.3 is 10.1 Å². The van der Waals surface area contributed by atoms with Crippen LogP contribution in [0.4, 0.5) is 11.4 Å². The van der Waals surface area contributed by atoms with E-state index in [1.165, 1.54) is 31.3 Å². The number of carbonyl (C=O) groups is 1. The Morgan fingerprint density at radius 1 is 1.12 bits per heavy atom. The molecule has 0 unspecified atom stereocenters. The lowest BCUT2D eigenvalue weighted by atomic mass is 10.2. The minimum absolute atomic E-state index is 0.173. The number of hydrogen-bond acceptors (Lipinski definition) is 5. The highest BCUT2D eigenvalue weighted by Crippen LogP contribution is 2.35. The first-order valence-corrected chi connectivity index (χ1v) is 9.42. The average Bonchev–Trinajstić information content (AvgIpc) is 2.93. The van der Waals surface area contributed by atoms with Gasteiger partial charge in [0.15, 0.2) is 5.69 Å². The molecule has 0 fully saturated rings. The number of rotatable bonds is 4. The van der Waals surface area contributed by atoms with E-state index in [0.29, 0.717) is 16.6 Å². The van der Waals surface area contributed by atoms with E-state index in [2.05, 4.69) is 15.2 Å². The molecule has 0 aliphatic carbocycles. The molecule has 0 bridgehead atoms. The average molecular weight is 372 g/mol. The molecular weight excluding hydrogens is 356 g/mol. The van der Waals surface area contributed by atoms with Gasteiger partial charge in [0.1, 0.15) is 0 Å². The number of fused-ring (bicyclic) bond motifs is 1. The molecule has 26 heavy (non-hydrogen) atoms. The minimum atomic E-state index is -3.38. The van der Waals surface area contributed by atoms with Crippen LogP contribution in [0.15, 0.2) is 58.8 Å². The van der Waals surface area contributed by atoms with Gasteiger partial charge in [-0.1, -0.05) is 18.2 Å². The lowest BCUT2D eigenvalue weighted by Gasteiger charge is -2.16. The number of nitrogens with zero attached hydrogens (tertiary/aromatic N) is 3. The van der Waals surface area contributed by atoms with Gasteiger partial charge in [0.25, 0.3) is 5.91 Å². The van der Waals surface area contributed by atoms with E-state index in [1.807, 2.05) is 0 Å². The summed E-state index contributed by atoms with van der Waals surface area (Å²) in [5.41, 5.74) is 1.54. The van der Waals surface area contributed by atoms with E-state index in [0.717, 1.165) is 10.6 Å². The number of carbonyl (C=O) groups excluding carboxylic acids is 1. The molecule has 0 saturated carbocycles. The van der Waals surface area contributed by atoms with Crippen LogP contribution >= 0.6 is 0 Å². The Hall–Kier alpha value is -3.20. The molecule has 3 aromatic rings. The minimum Gasteiger partial charge on any atom is -0.493 e. The predicted octanol–water partition coefficient (Wildman–Crippen LogP) is 3.19. The number of aromatic nitrogens is 1. The van der Waals surface area contributed by atoms with Crippen molar-refractivity contribution in [2.24, 2.45) is 10.2 Å². The third kappa shape index (κ3) is 3.42. The van der Waals surface area contributed by atoms with E-state index in [1.54, 1.807) is 24.3 Å². The highest BCUT2D eigenvalue weighted by Gasteiger charge is 2.14. The van der Waals surface area contributed by atoms with E-state index < -0.39 is 15.9 Å². The summed E-state index contributed by atoms with van der Waals surface area (Å²) in [6.07, 6.45) is 1.09. The molecule has 2 N–H and O–H groups in total. The summed E-state index contributed by atoms with van der Waals surface area (Å²) in [5.74, 6) is -0.781. The molecule has 0 spiro atoms. The van der Waals surface area contributed by atoms with Crippen LogP contribution in [0.1, 0.15) is 10.4 Å². The summed E-state index contributed by atoms with van der Waals surface area (Å²) in [6, 6.07) is 13.1. The Kier molecular flexibility index (Phi) is 4.47. The molecule has 0 atom stereocenters. The first-order chi connectivity index (χ1) is 12.3.